The Labute approximate surface area is 103 Å². The summed E-state index contributed by atoms with van der Waals surface area (Å²) in [6.45, 7) is 2.80. The number of benzene rings is 1. The van der Waals surface area contributed by atoms with Gasteiger partial charge in [-0.3, -0.25) is 0 Å². The zero-order valence-electron chi connectivity index (χ0n) is 10.1. The Morgan fingerprint density at radius 3 is 2.82 bits per heavy atom. The van der Waals surface area contributed by atoms with Crippen molar-refractivity contribution in [1.82, 2.24) is 5.32 Å². The molecule has 1 aliphatic heterocycles. The van der Waals surface area contributed by atoms with Crippen molar-refractivity contribution in [3.63, 3.8) is 0 Å². The molecule has 3 nitrogen and oxygen atoms in total. The van der Waals surface area contributed by atoms with Gasteiger partial charge in [0, 0.05) is 13.2 Å². The topological polar surface area (TPSA) is 41.5 Å². The molecule has 2 atom stereocenters. The van der Waals surface area contributed by atoms with E-state index in [1.165, 1.54) is 6.42 Å². The molecular weight excluding hydrogens is 214 g/mol. The fourth-order valence-corrected chi connectivity index (χ4v) is 2.25. The second-order valence-electron chi connectivity index (χ2n) is 4.64. The Balaban J connectivity index is 1.83. The van der Waals surface area contributed by atoms with Crippen molar-refractivity contribution >= 4 is 0 Å². The molecule has 1 fully saturated rings. The van der Waals surface area contributed by atoms with E-state index in [0.29, 0.717) is 5.92 Å². The smallest absolute Gasteiger partial charge is 0.0626 e. The summed E-state index contributed by atoms with van der Waals surface area (Å²) >= 11 is 0. The maximum absolute atomic E-state index is 9.42. The highest BCUT2D eigenvalue weighted by molar-refractivity contribution is 5.18. The molecule has 3 heteroatoms. The maximum Gasteiger partial charge on any atom is 0.0626 e. The van der Waals surface area contributed by atoms with Crippen LogP contribution in [0.2, 0.25) is 0 Å². The third-order valence-corrected chi connectivity index (χ3v) is 3.29. The van der Waals surface area contributed by atoms with E-state index in [2.05, 4.69) is 5.32 Å². The third-order valence-electron chi connectivity index (χ3n) is 3.29. The lowest BCUT2D eigenvalue weighted by molar-refractivity contribution is 0.0527. The van der Waals surface area contributed by atoms with Crippen LogP contribution in [0.1, 0.15) is 24.4 Å². The van der Waals surface area contributed by atoms with Gasteiger partial charge in [0.05, 0.1) is 19.3 Å². The predicted octanol–water partition coefficient (Wildman–Crippen LogP) is 1.74. The quantitative estimate of drug-likeness (QED) is 0.816. The molecule has 0 radical (unpaired) electrons. The zero-order valence-corrected chi connectivity index (χ0v) is 10.1. The summed E-state index contributed by atoms with van der Waals surface area (Å²) in [5, 5.41) is 12.8. The van der Waals surface area contributed by atoms with Crippen LogP contribution in [0.3, 0.4) is 0 Å². The molecule has 2 N–H and O–H groups in total. The highest BCUT2D eigenvalue weighted by Gasteiger charge is 2.16. The first kappa shape index (κ1) is 12.6. The lowest BCUT2D eigenvalue weighted by Gasteiger charge is -2.25. The molecule has 94 valence electrons. The van der Waals surface area contributed by atoms with Crippen LogP contribution in [-0.2, 0) is 4.74 Å². The van der Waals surface area contributed by atoms with Gasteiger partial charge in [-0.2, -0.15) is 0 Å². The summed E-state index contributed by atoms with van der Waals surface area (Å²) < 4.78 is 5.45. The standard InChI is InChI=1S/C14H21NO2/c16-10-14(13-6-2-1-3-7-13)15-9-12-5-4-8-17-11-12/h1-3,6-7,12,14-16H,4-5,8-11H2/t12?,14-/m0/s1. The molecule has 1 saturated heterocycles. The Bertz CT molecular complexity index is 309. The van der Waals surface area contributed by atoms with Gasteiger partial charge in [-0.25, -0.2) is 0 Å². The molecular formula is C14H21NO2. The molecule has 1 unspecified atom stereocenters. The Morgan fingerprint density at radius 2 is 2.18 bits per heavy atom. The fraction of sp³-hybridized carbons (Fsp3) is 0.571. The van der Waals surface area contributed by atoms with Gasteiger partial charge in [-0.05, 0) is 24.3 Å². The summed E-state index contributed by atoms with van der Waals surface area (Å²) in [6, 6.07) is 10.1. The van der Waals surface area contributed by atoms with E-state index in [1.54, 1.807) is 0 Å². The van der Waals surface area contributed by atoms with Crippen molar-refractivity contribution in [1.29, 1.82) is 0 Å². The van der Waals surface area contributed by atoms with Crippen LogP contribution >= 0.6 is 0 Å². The number of hydrogen-bond acceptors (Lipinski definition) is 3. The summed E-state index contributed by atoms with van der Waals surface area (Å²) in [5.41, 5.74) is 1.15. The van der Waals surface area contributed by atoms with Crippen molar-refractivity contribution in [3.8, 4) is 0 Å². The van der Waals surface area contributed by atoms with Crippen LogP contribution in [-0.4, -0.2) is 31.5 Å². The van der Waals surface area contributed by atoms with Gasteiger partial charge < -0.3 is 15.2 Å². The van der Waals surface area contributed by atoms with E-state index < -0.39 is 0 Å². The number of rotatable bonds is 5. The molecule has 1 heterocycles. The van der Waals surface area contributed by atoms with E-state index >= 15 is 0 Å². The number of aliphatic hydroxyl groups is 1. The first-order chi connectivity index (χ1) is 8.40. The summed E-state index contributed by atoms with van der Waals surface area (Å²) in [7, 11) is 0. The predicted molar refractivity (Wildman–Crippen MR) is 67.8 cm³/mol. The zero-order chi connectivity index (χ0) is 11.9. The van der Waals surface area contributed by atoms with E-state index in [9.17, 15) is 5.11 Å². The lowest BCUT2D eigenvalue weighted by atomic mass is 10.0. The van der Waals surface area contributed by atoms with Gasteiger partial charge in [0.2, 0.25) is 0 Å². The monoisotopic (exact) mass is 235 g/mol. The number of aliphatic hydroxyl groups excluding tert-OH is 1. The van der Waals surface area contributed by atoms with E-state index in [4.69, 9.17) is 4.74 Å². The highest BCUT2D eigenvalue weighted by Crippen LogP contribution is 2.16. The van der Waals surface area contributed by atoms with Crippen LogP contribution in [0.4, 0.5) is 0 Å². The normalized spacial score (nSPS) is 22.3. The molecule has 0 aromatic heterocycles. The lowest BCUT2D eigenvalue weighted by Crippen LogP contribution is -2.33. The average Bonchev–Trinajstić information content (AvgIpc) is 2.42. The minimum atomic E-state index is 0.0399. The molecule has 1 aliphatic rings. The van der Waals surface area contributed by atoms with Gasteiger partial charge in [0.1, 0.15) is 0 Å². The van der Waals surface area contributed by atoms with E-state index in [1.807, 2.05) is 30.3 Å². The van der Waals surface area contributed by atoms with Gasteiger partial charge in [0.25, 0.3) is 0 Å². The van der Waals surface area contributed by atoms with E-state index in [0.717, 1.165) is 31.7 Å². The average molecular weight is 235 g/mol. The van der Waals surface area contributed by atoms with Crippen molar-refractivity contribution < 1.29 is 9.84 Å². The van der Waals surface area contributed by atoms with Gasteiger partial charge >= 0.3 is 0 Å². The van der Waals surface area contributed by atoms with E-state index in [-0.39, 0.29) is 12.6 Å². The summed E-state index contributed by atoms with van der Waals surface area (Å²) in [4.78, 5) is 0. The molecule has 0 bridgehead atoms. The molecule has 0 spiro atoms. The Morgan fingerprint density at radius 1 is 1.35 bits per heavy atom. The largest absolute Gasteiger partial charge is 0.394 e. The fourth-order valence-electron chi connectivity index (χ4n) is 2.25. The van der Waals surface area contributed by atoms with Crippen molar-refractivity contribution in [2.45, 2.75) is 18.9 Å². The molecule has 17 heavy (non-hydrogen) atoms. The van der Waals surface area contributed by atoms with Crippen molar-refractivity contribution in [2.75, 3.05) is 26.4 Å². The Hall–Kier alpha value is -0.900. The maximum atomic E-state index is 9.42. The van der Waals surface area contributed by atoms with Crippen LogP contribution in [0.15, 0.2) is 30.3 Å². The number of nitrogens with one attached hydrogen (secondary N) is 1. The van der Waals surface area contributed by atoms with Crippen LogP contribution in [0.25, 0.3) is 0 Å². The van der Waals surface area contributed by atoms with Crippen molar-refractivity contribution in [2.24, 2.45) is 5.92 Å². The number of ether oxygens (including phenoxy) is 1. The molecule has 0 amide bonds. The van der Waals surface area contributed by atoms with Gasteiger partial charge in [-0.15, -0.1) is 0 Å². The first-order valence-electron chi connectivity index (χ1n) is 6.37. The summed E-state index contributed by atoms with van der Waals surface area (Å²) in [6.07, 6.45) is 2.38. The minimum absolute atomic E-state index is 0.0399. The molecule has 0 saturated carbocycles. The molecule has 2 rings (SSSR count). The van der Waals surface area contributed by atoms with Gasteiger partial charge in [0.15, 0.2) is 0 Å². The molecule has 1 aromatic rings. The minimum Gasteiger partial charge on any atom is -0.394 e. The van der Waals surface area contributed by atoms with Crippen molar-refractivity contribution in [3.05, 3.63) is 35.9 Å². The number of hydrogen-bond donors (Lipinski definition) is 2. The van der Waals surface area contributed by atoms with Crippen LogP contribution in [0.5, 0.6) is 0 Å². The summed E-state index contributed by atoms with van der Waals surface area (Å²) in [5.74, 6) is 0.585. The SMILES string of the molecule is OC[C@H](NCC1CCCOC1)c1ccccc1. The van der Waals surface area contributed by atoms with Crippen LogP contribution < -0.4 is 5.32 Å². The second-order valence-corrected chi connectivity index (χ2v) is 4.64. The first-order valence-corrected chi connectivity index (χ1v) is 6.37. The van der Waals surface area contributed by atoms with Crippen LogP contribution in [0, 0.1) is 5.92 Å². The Kier molecular flexibility index (Phi) is 4.98. The third kappa shape index (κ3) is 3.80. The molecule has 0 aliphatic carbocycles. The van der Waals surface area contributed by atoms with Gasteiger partial charge in [-0.1, -0.05) is 30.3 Å². The second kappa shape index (κ2) is 6.74. The highest BCUT2D eigenvalue weighted by atomic mass is 16.5. The molecule has 1 aromatic carbocycles.